The van der Waals surface area contributed by atoms with Gasteiger partial charge >= 0.3 is 0 Å². The Morgan fingerprint density at radius 1 is 1.73 bits per heavy atom. The fourth-order valence-electron chi connectivity index (χ4n) is 1.47. The predicted molar refractivity (Wildman–Crippen MR) is 46.4 cm³/mol. The molecule has 64 valence electrons. The van der Waals surface area contributed by atoms with Crippen molar-refractivity contribution in [2.24, 2.45) is 5.41 Å². The third-order valence-electron chi connectivity index (χ3n) is 2.72. The summed E-state index contributed by atoms with van der Waals surface area (Å²) < 4.78 is 0. The van der Waals surface area contributed by atoms with Crippen molar-refractivity contribution in [2.45, 2.75) is 32.4 Å². The van der Waals surface area contributed by atoms with Gasteiger partial charge in [0.25, 0.3) is 0 Å². The molecule has 0 amide bonds. The van der Waals surface area contributed by atoms with Crippen LogP contribution in [0.1, 0.15) is 20.3 Å². The highest BCUT2D eigenvalue weighted by Crippen LogP contribution is 2.40. The van der Waals surface area contributed by atoms with Gasteiger partial charge in [-0.15, -0.1) is 6.58 Å². The van der Waals surface area contributed by atoms with Crippen LogP contribution in [0.2, 0.25) is 0 Å². The minimum atomic E-state index is -0.134. The molecule has 0 aliphatic heterocycles. The molecular formula is C9H17NO. The van der Waals surface area contributed by atoms with Crippen molar-refractivity contribution in [1.82, 2.24) is 5.32 Å². The molecule has 0 radical (unpaired) electrons. The van der Waals surface area contributed by atoms with Crippen LogP contribution in [0.3, 0.4) is 0 Å². The van der Waals surface area contributed by atoms with E-state index in [1.165, 1.54) is 0 Å². The zero-order valence-electron chi connectivity index (χ0n) is 7.30. The topological polar surface area (TPSA) is 32.3 Å². The van der Waals surface area contributed by atoms with Crippen molar-refractivity contribution in [3.8, 4) is 0 Å². The predicted octanol–water partition coefficient (Wildman–Crippen LogP) is 0.921. The molecule has 2 nitrogen and oxygen atoms in total. The van der Waals surface area contributed by atoms with Crippen molar-refractivity contribution < 1.29 is 5.11 Å². The first kappa shape index (κ1) is 8.75. The molecule has 0 spiro atoms. The van der Waals surface area contributed by atoms with E-state index >= 15 is 0 Å². The van der Waals surface area contributed by atoms with Gasteiger partial charge in [-0.25, -0.2) is 0 Å². The van der Waals surface area contributed by atoms with Gasteiger partial charge in [0.15, 0.2) is 0 Å². The minimum absolute atomic E-state index is 0.0447. The molecule has 0 bridgehead atoms. The summed E-state index contributed by atoms with van der Waals surface area (Å²) in [6.45, 7) is 8.64. The van der Waals surface area contributed by atoms with Crippen LogP contribution in [0.25, 0.3) is 0 Å². The monoisotopic (exact) mass is 155 g/mol. The van der Waals surface area contributed by atoms with Crippen LogP contribution in [-0.2, 0) is 0 Å². The Balaban J connectivity index is 2.34. The number of rotatable bonds is 3. The van der Waals surface area contributed by atoms with Crippen LogP contribution in [0.5, 0.6) is 0 Å². The molecule has 0 heterocycles. The van der Waals surface area contributed by atoms with Gasteiger partial charge < -0.3 is 10.4 Å². The first-order valence-corrected chi connectivity index (χ1v) is 4.11. The Bertz CT molecular complexity index is 154. The second kappa shape index (κ2) is 2.95. The van der Waals surface area contributed by atoms with E-state index < -0.39 is 0 Å². The Kier molecular flexibility index (Phi) is 2.35. The molecule has 2 N–H and O–H groups in total. The van der Waals surface area contributed by atoms with Gasteiger partial charge in [0.2, 0.25) is 0 Å². The smallest absolute Gasteiger partial charge is 0.0621 e. The average molecular weight is 155 g/mol. The van der Waals surface area contributed by atoms with E-state index in [1.54, 1.807) is 0 Å². The molecule has 2 heteroatoms. The highest BCUT2D eigenvalue weighted by Gasteiger charge is 2.46. The lowest BCUT2D eigenvalue weighted by molar-refractivity contribution is -0.0711. The lowest BCUT2D eigenvalue weighted by Crippen LogP contribution is -2.59. The average Bonchev–Trinajstić information content (AvgIpc) is 1.97. The van der Waals surface area contributed by atoms with Crippen molar-refractivity contribution >= 4 is 0 Å². The Morgan fingerprint density at radius 3 is 2.73 bits per heavy atom. The maximum atomic E-state index is 9.38. The van der Waals surface area contributed by atoms with Gasteiger partial charge in [-0.05, 0) is 6.42 Å². The van der Waals surface area contributed by atoms with Crippen LogP contribution in [0, 0.1) is 5.41 Å². The van der Waals surface area contributed by atoms with Gasteiger partial charge in [0, 0.05) is 18.0 Å². The fourth-order valence-corrected chi connectivity index (χ4v) is 1.47. The van der Waals surface area contributed by atoms with E-state index in [0.717, 1.165) is 13.0 Å². The molecule has 2 atom stereocenters. The van der Waals surface area contributed by atoms with E-state index in [-0.39, 0.29) is 11.5 Å². The lowest BCUT2D eigenvalue weighted by Gasteiger charge is -2.49. The standard InChI is InChI=1S/C9H17NO/c1-4-5-10-7-6-8(11)9(7,2)3/h4,7-8,10-11H,1,5-6H2,2-3H3. The number of hydrogen-bond donors (Lipinski definition) is 2. The van der Waals surface area contributed by atoms with E-state index in [9.17, 15) is 5.11 Å². The van der Waals surface area contributed by atoms with Gasteiger partial charge in [0.1, 0.15) is 0 Å². The third kappa shape index (κ3) is 1.47. The van der Waals surface area contributed by atoms with Crippen LogP contribution in [-0.4, -0.2) is 23.8 Å². The van der Waals surface area contributed by atoms with Crippen LogP contribution >= 0.6 is 0 Å². The summed E-state index contributed by atoms with van der Waals surface area (Å²) in [5.74, 6) is 0. The highest BCUT2D eigenvalue weighted by molar-refractivity contribution is 5.02. The first-order chi connectivity index (χ1) is 5.09. The molecule has 1 aliphatic carbocycles. The molecule has 0 aromatic heterocycles. The zero-order valence-corrected chi connectivity index (χ0v) is 7.30. The molecule has 0 aromatic carbocycles. The fraction of sp³-hybridized carbons (Fsp3) is 0.778. The van der Waals surface area contributed by atoms with Crippen LogP contribution in [0.15, 0.2) is 12.7 Å². The number of aliphatic hydroxyl groups excluding tert-OH is 1. The number of nitrogens with one attached hydrogen (secondary N) is 1. The molecular weight excluding hydrogens is 138 g/mol. The molecule has 1 fully saturated rings. The third-order valence-corrected chi connectivity index (χ3v) is 2.72. The first-order valence-electron chi connectivity index (χ1n) is 4.11. The van der Waals surface area contributed by atoms with Crippen LogP contribution < -0.4 is 5.32 Å². The minimum Gasteiger partial charge on any atom is -0.392 e. The molecule has 1 rings (SSSR count). The summed E-state index contributed by atoms with van der Waals surface area (Å²) in [4.78, 5) is 0. The second-order valence-corrected chi connectivity index (χ2v) is 3.82. The SMILES string of the molecule is C=CCNC1CC(O)C1(C)C. The maximum Gasteiger partial charge on any atom is 0.0621 e. The van der Waals surface area contributed by atoms with E-state index in [4.69, 9.17) is 0 Å². The quantitative estimate of drug-likeness (QED) is 0.594. The maximum absolute atomic E-state index is 9.38. The van der Waals surface area contributed by atoms with E-state index in [2.05, 4.69) is 25.7 Å². The Hall–Kier alpha value is -0.340. The normalized spacial score (nSPS) is 34.5. The molecule has 1 aliphatic rings. The molecule has 1 saturated carbocycles. The molecule has 2 unspecified atom stereocenters. The largest absolute Gasteiger partial charge is 0.392 e. The molecule has 0 aromatic rings. The van der Waals surface area contributed by atoms with Crippen molar-refractivity contribution in [2.75, 3.05) is 6.54 Å². The van der Waals surface area contributed by atoms with Crippen molar-refractivity contribution in [3.05, 3.63) is 12.7 Å². The summed E-state index contributed by atoms with van der Waals surface area (Å²) in [6, 6.07) is 0.454. The Labute approximate surface area is 68.3 Å². The molecule has 0 saturated heterocycles. The second-order valence-electron chi connectivity index (χ2n) is 3.82. The van der Waals surface area contributed by atoms with Crippen LogP contribution in [0.4, 0.5) is 0 Å². The summed E-state index contributed by atoms with van der Waals surface area (Å²) >= 11 is 0. The Morgan fingerprint density at radius 2 is 2.36 bits per heavy atom. The number of hydrogen-bond acceptors (Lipinski definition) is 2. The van der Waals surface area contributed by atoms with Crippen molar-refractivity contribution in [3.63, 3.8) is 0 Å². The summed E-state index contributed by atoms with van der Waals surface area (Å²) in [5.41, 5.74) is 0.0447. The van der Waals surface area contributed by atoms with E-state index in [1.807, 2.05) is 6.08 Å². The molecule has 11 heavy (non-hydrogen) atoms. The number of aliphatic hydroxyl groups is 1. The highest BCUT2D eigenvalue weighted by atomic mass is 16.3. The zero-order chi connectivity index (χ0) is 8.48. The summed E-state index contributed by atoms with van der Waals surface area (Å²) in [6.07, 6.45) is 2.59. The summed E-state index contributed by atoms with van der Waals surface area (Å²) in [5, 5.41) is 12.7. The van der Waals surface area contributed by atoms with Crippen molar-refractivity contribution in [1.29, 1.82) is 0 Å². The van der Waals surface area contributed by atoms with Gasteiger partial charge in [-0.3, -0.25) is 0 Å². The van der Waals surface area contributed by atoms with E-state index in [0.29, 0.717) is 6.04 Å². The van der Waals surface area contributed by atoms with Gasteiger partial charge in [-0.1, -0.05) is 19.9 Å². The summed E-state index contributed by atoms with van der Waals surface area (Å²) in [7, 11) is 0. The lowest BCUT2D eigenvalue weighted by atomic mass is 9.64. The van der Waals surface area contributed by atoms with Gasteiger partial charge in [0.05, 0.1) is 6.10 Å². The van der Waals surface area contributed by atoms with Gasteiger partial charge in [-0.2, -0.15) is 0 Å².